The molecule has 0 aliphatic heterocycles. The lowest BCUT2D eigenvalue weighted by molar-refractivity contribution is 0.616. The second-order valence-corrected chi connectivity index (χ2v) is 4.36. The fraction of sp³-hybridized carbons (Fsp3) is 0. The molecular weight excluding hydrogens is 336 g/mol. The van der Waals surface area contributed by atoms with Crippen molar-refractivity contribution < 1.29 is 4.39 Å². The van der Waals surface area contributed by atoms with Gasteiger partial charge in [0.1, 0.15) is 0 Å². The van der Waals surface area contributed by atoms with E-state index in [1.165, 1.54) is 0 Å². The average Bonchev–Trinajstić information content (AvgIpc) is 2.48. The molecule has 0 saturated heterocycles. The molecule has 4 heteroatoms. The Morgan fingerprint density at radius 1 is 1.50 bits per heavy atom. The summed E-state index contributed by atoms with van der Waals surface area (Å²) in [6, 6.07) is 3.69. The van der Waals surface area contributed by atoms with Crippen molar-refractivity contribution in [2.45, 2.75) is 0 Å². The molecule has 2 rings (SSSR count). The van der Waals surface area contributed by atoms with E-state index in [1.54, 1.807) is 12.3 Å². The predicted octanol–water partition coefficient (Wildman–Crippen LogP) is 3.67. The van der Waals surface area contributed by atoms with Crippen LogP contribution >= 0.6 is 38.5 Å². The molecule has 0 bridgehead atoms. The quantitative estimate of drug-likeness (QED) is 0.556. The number of rotatable bonds is 0. The number of nitrogens with one attached hydrogen (secondary N) is 1. The minimum atomic E-state index is -0.203. The van der Waals surface area contributed by atoms with E-state index in [0.717, 1.165) is 10.9 Å². The highest BCUT2D eigenvalue weighted by molar-refractivity contribution is 14.1. The second-order valence-electron chi connectivity index (χ2n) is 2.43. The van der Waals surface area contributed by atoms with Gasteiger partial charge in [-0.3, -0.25) is 0 Å². The number of fused-ring (bicyclic) bond motifs is 1. The first-order valence-electron chi connectivity index (χ1n) is 3.30. The lowest BCUT2D eigenvalue weighted by Crippen LogP contribution is -1.85. The van der Waals surface area contributed by atoms with E-state index < -0.39 is 0 Å². The minimum Gasteiger partial charge on any atom is -0.360 e. The fourth-order valence-electron chi connectivity index (χ4n) is 1.11. The van der Waals surface area contributed by atoms with E-state index in [2.05, 4.69) is 20.9 Å². The molecule has 0 unspecified atom stereocenters. The van der Waals surface area contributed by atoms with Crippen LogP contribution in [0.2, 0.25) is 0 Å². The van der Waals surface area contributed by atoms with Crippen molar-refractivity contribution in [2.24, 2.45) is 0 Å². The fourth-order valence-corrected chi connectivity index (χ4v) is 2.68. The Balaban J connectivity index is 2.94. The summed E-state index contributed by atoms with van der Waals surface area (Å²) in [5.41, 5.74) is 0.858. The number of aromatic nitrogens is 1. The van der Waals surface area contributed by atoms with Crippen molar-refractivity contribution in [2.75, 3.05) is 0 Å². The van der Waals surface area contributed by atoms with Crippen LogP contribution in [0.4, 0.5) is 4.39 Å². The molecular formula is C8H4BrFIN. The second kappa shape index (κ2) is 2.99. The van der Waals surface area contributed by atoms with Gasteiger partial charge in [-0.25, -0.2) is 4.39 Å². The van der Waals surface area contributed by atoms with Crippen molar-refractivity contribution in [3.05, 3.63) is 32.2 Å². The Morgan fingerprint density at radius 3 is 3.00 bits per heavy atom. The van der Waals surface area contributed by atoms with E-state index in [1.807, 2.05) is 28.7 Å². The molecule has 1 aromatic carbocycles. The van der Waals surface area contributed by atoms with Crippen LogP contribution < -0.4 is 0 Å². The van der Waals surface area contributed by atoms with Crippen LogP contribution in [0.5, 0.6) is 0 Å². The Hall–Kier alpha value is -0.100. The number of benzene rings is 1. The van der Waals surface area contributed by atoms with Crippen molar-refractivity contribution in [1.29, 1.82) is 0 Å². The van der Waals surface area contributed by atoms with Gasteiger partial charge in [0, 0.05) is 11.6 Å². The summed E-state index contributed by atoms with van der Waals surface area (Å²) >= 11 is 5.15. The Kier molecular flexibility index (Phi) is 2.12. The smallest absolute Gasteiger partial charge is 0.152 e. The number of H-pyrrole nitrogens is 1. The summed E-state index contributed by atoms with van der Waals surface area (Å²) in [6.07, 6.45) is 1.80. The molecule has 0 radical (unpaired) electrons. The maximum absolute atomic E-state index is 13.3. The number of aromatic amines is 1. The van der Waals surface area contributed by atoms with Gasteiger partial charge in [-0.05, 0) is 50.7 Å². The highest BCUT2D eigenvalue weighted by atomic mass is 127. The van der Waals surface area contributed by atoms with Crippen LogP contribution in [0.15, 0.2) is 22.8 Å². The van der Waals surface area contributed by atoms with Crippen LogP contribution in [0.25, 0.3) is 10.9 Å². The molecule has 0 fully saturated rings. The number of hydrogen-bond acceptors (Lipinski definition) is 0. The van der Waals surface area contributed by atoms with Gasteiger partial charge in [0.2, 0.25) is 0 Å². The van der Waals surface area contributed by atoms with Crippen molar-refractivity contribution in [3.63, 3.8) is 0 Å². The van der Waals surface area contributed by atoms with Crippen LogP contribution in [-0.4, -0.2) is 4.98 Å². The molecule has 1 aromatic heterocycles. The van der Waals surface area contributed by atoms with Gasteiger partial charge in [-0.1, -0.05) is 0 Å². The maximum atomic E-state index is 13.3. The van der Waals surface area contributed by atoms with Crippen LogP contribution in [-0.2, 0) is 0 Å². The molecule has 1 heterocycles. The summed E-state index contributed by atoms with van der Waals surface area (Å²) in [6.45, 7) is 0. The zero-order valence-corrected chi connectivity index (χ0v) is 9.61. The standard InChI is InChI=1S/C8H4BrFIN/c9-5-3-4-1-2-12-8(4)7(11)6(5)10/h1-3,12H. The summed E-state index contributed by atoms with van der Waals surface area (Å²) in [4.78, 5) is 2.99. The molecule has 2 aromatic rings. The van der Waals surface area contributed by atoms with Gasteiger partial charge in [-0.2, -0.15) is 0 Å². The third-order valence-electron chi connectivity index (χ3n) is 1.68. The minimum absolute atomic E-state index is 0.203. The van der Waals surface area contributed by atoms with E-state index in [-0.39, 0.29) is 5.82 Å². The molecule has 0 spiro atoms. The monoisotopic (exact) mass is 339 g/mol. The molecule has 0 atom stereocenters. The first-order chi connectivity index (χ1) is 5.70. The average molecular weight is 340 g/mol. The van der Waals surface area contributed by atoms with Gasteiger partial charge >= 0.3 is 0 Å². The zero-order chi connectivity index (χ0) is 8.72. The third kappa shape index (κ3) is 1.17. The Morgan fingerprint density at radius 2 is 2.25 bits per heavy atom. The SMILES string of the molecule is Fc1c(Br)cc2cc[nH]c2c1I. The zero-order valence-electron chi connectivity index (χ0n) is 5.87. The Labute approximate surface area is 90.6 Å². The van der Waals surface area contributed by atoms with Crippen LogP contribution in [0, 0.1) is 9.39 Å². The largest absolute Gasteiger partial charge is 0.360 e. The predicted molar refractivity (Wildman–Crippen MR) is 58.7 cm³/mol. The summed E-state index contributed by atoms with van der Waals surface area (Å²) in [5, 5.41) is 1.02. The molecule has 0 saturated carbocycles. The first kappa shape index (κ1) is 8.50. The van der Waals surface area contributed by atoms with Gasteiger partial charge in [-0.15, -0.1) is 0 Å². The molecule has 12 heavy (non-hydrogen) atoms. The summed E-state index contributed by atoms with van der Waals surface area (Å²) < 4.78 is 14.4. The highest BCUT2D eigenvalue weighted by Crippen LogP contribution is 2.28. The highest BCUT2D eigenvalue weighted by Gasteiger charge is 2.09. The molecule has 0 aliphatic rings. The molecule has 1 N–H and O–H groups in total. The Bertz CT molecular complexity index is 438. The van der Waals surface area contributed by atoms with E-state index in [4.69, 9.17) is 0 Å². The molecule has 62 valence electrons. The maximum Gasteiger partial charge on any atom is 0.152 e. The topological polar surface area (TPSA) is 15.8 Å². The lowest BCUT2D eigenvalue weighted by atomic mass is 10.2. The molecule has 1 nitrogen and oxygen atoms in total. The van der Waals surface area contributed by atoms with Crippen LogP contribution in [0.1, 0.15) is 0 Å². The molecule has 0 amide bonds. The van der Waals surface area contributed by atoms with Gasteiger partial charge in [0.15, 0.2) is 5.82 Å². The summed E-state index contributed by atoms with van der Waals surface area (Å²) in [5.74, 6) is -0.203. The first-order valence-corrected chi connectivity index (χ1v) is 5.18. The van der Waals surface area contributed by atoms with Crippen molar-refractivity contribution in [3.8, 4) is 0 Å². The van der Waals surface area contributed by atoms with Gasteiger partial charge in [0.05, 0.1) is 13.6 Å². The van der Waals surface area contributed by atoms with E-state index in [0.29, 0.717) is 8.04 Å². The van der Waals surface area contributed by atoms with Crippen molar-refractivity contribution in [1.82, 2.24) is 4.98 Å². The van der Waals surface area contributed by atoms with Gasteiger partial charge < -0.3 is 4.98 Å². The summed E-state index contributed by atoms with van der Waals surface area (Å²) in [7, 11) is 0. The third-order valence-corrected chi connectivity index (χ3v) is 3.27. The number of halogens is 3. The number of hydrogen-bond donors (Lipinski definition) is 1. The molecule has 0 aliphatic carbocycles. The lowest BCUT2D eigenvalue weighted by Gasteiger charge is -1.99. The van der Waals surface area contributed by atoms with E-state index in [9.17, 15) is 4.39 Å². The van der Waals surface area contributed by atoms with Crippen molar-refractivity contribution >= 4 is 49.4 Å². The normalized spacial score (nSPS) is 10.9. The van der Waals surface area contributed by atoms with Crippen LogP contribution in [0.3, 0.4) is 0 Å². The van der Waals surface area contributed by atoms with E-state index >= 15 is 0 Å². The van der Waals surface area contributed by atoms with Gasteiger partial charge in [0.25, 0.3) is 0 Å².